The van der Waals surface area contributed by atoms with Crippen LogP contribution in [0, 0.1) is 6.92 Å². The summed E-state index contributed by atoms with van der Waals surface area (Å²) in [4.78, 5) is 1.10. The van der Waals surface area contributed by atoms with Crippen molar-refractivity contribution in [1.29, 1.82) is 0 Å². The number of fused-ring (bicyclic) bond motifs is 1. The van der Waals surface area contributed by atoms with E-state index in [4.69, 9.17) is 27.9 Å². The zero-order valence-electron chi connectivity index (χ0n) is 9.87. The Morgan fingerprint density at radius 2 is 2.00 bits per heavy atom. The van der Waals surface area contributed by atoms with Gasteiger partial charge in [0.25, 0.3) is 0 Å². The molecular weight excluding hydrogens is 287 g/mol. The van der Waals surface area contributed by atoms with Crippen molar-refractivity contribution in [2.75, 3.05) is 0 Å². The van der Waals surface area contributed by atoms with E-state index < -0.39 is 0 Å². The summed E-state index contributed by atoms with van der Waals surface area (Å²) < 4.78 is 6.24. The molecule has 0 spiro atoms. The van der Waals surface area contributed by atoms with Crippen molar-refractivity contribution in [2.45, 2.75) is 25.5 Å². The number of hydrogen-bond acceptors (Lipinski definition) is 2. The molecule has 3 rings (SSSR count). The predicted octanol–water partition coefficient (Wildman–Crippen LogP) is 5.07. The molecule has 0 bridgehead atoms. The van der Waals surface area contributed by atoms with Gasteiger partial charge in [-0.05, 0) is 35.2 Å². The first-order valence-electron chi connectivity index (χ1n) is 5.74. The first kappa shape index (κ1) is 12.5. The molecule has 0 aliphatic carbocycles. The van der Waals surface area contributed by atoms with Crippen LogP contribution in [0.3, 0.4) is 0 Å². The highest BCUT2D eigenvalue weighted by molar-refractivity contribution is 7.16. The molecule has 0 radical (unpaired) electrons. The average molecular weight is 299 g/mol. The average Bonchev–Trinajstić information content (AvgIpc) is 2.95. The van der Waals surface area contributed by atoms with E-state index in [1.54, 1.807) is 11.3 Å². The smallest absolute Gasteiger partial charge is 0.0960 e. The van der Waals surface area contributed by atoms with Crippen LogP contribution in [0.1, 0.15) is 32.5 Å². The zero-order valence-corrected chi connectivity index (χ0v) is 12.2. The molecule has 1 unspecified atom stereocenters. The molecule has 0 fully saturated rings. The number of rotatable bonds is 2. The van der Waals surface area contributed by atoms with Gasteiger partial charge < -0.3 is 4.74 Å². The van der Waals surface area contributed by atoms with E-state index in [0.29, 0.717) is 13.2 Å². The summed E-state index contributed by atoms with van der Waals surface area (Å²) in [5.41, 5.74) is 4.71. The third kappa shape index (κ3) is 2.19. The minimum atomic E-state index is -0.132. The third-order valence-corrected chi connectivity index (χ3v) is 5.40. The maximum Gasteiger partial charge on any atom is 0.0960 e. The lowest BCUT2D eigenvalue weighted by atomic mass is 10.0. The molecule has 2 heterocycles. The monoisotopic (exact) mass is 298 g/mol. The molecule has 1 aromatic heterocycles. The van der Waals surface area contributed by atoms with E-state index in [-0.39, 0.29) is 5.38 Å². The summed E-state index contributed by atoms with van der Waals surface area (Å²) in [6.07, 6.45) is 0. The summed E-state index contributed by atoms with van der Waals surface area (Å²) in [6.45, 7) is 3.41. The van der Waals surface area contributed by atoms with Crippen molar-refractivity contribution in [3.8, 4) is 0 Å². The Balaban J connectivity index is 1.94. The standard InChI is InChI=1S/C14H12Cl2OS/c1-8-4-12(18-14(8)16)13(15)9-2-3-10-6-17-7-11(10)5-9/h2-5,13H,6-7H2,1H3. The van der Waals surface area contributed by atoms with Gasteiger partial charge >= 0.3 is 0 Å². The normalized spacial score (nSPS) is 15.7. The molecule has 18 heavy (non-hydrogen) atoms. The number of alkyl halides is 1. The molecule has 1 aromatic carbocycles. The highest BCUT2D eigenvalue weighted by Crippen LogP contribution is 2.38. The second-order valence-electron chi connectivity index (χ2n) is 4.49. The number of hydrogen-bond donors (Lipinski definition) is 0. The summed E-state index contributed by atoms with van der Waals surface area (Å²) in [5, 5.41) is -0.132. The molecule has 1 aliphatic heterocycles. The quantitative estimate of drug-likeness (QED) is 0.704. The van der Waals surface area contributed by atoms with Crippen molar-refractivity contribution >= 4 is 34.5 Å². The van der Waals surface area contributed by atoms with Crippen molar-refractivity contribution in [3.05, 3.63) is 55.7 Å². The fraction of sp³-hybridized carbons (Fsp3) is 0.286. The van der Waals surface area contributed by atoms with Crippen LogP contribution in [0.5, 0.6) is 0 Å². The molecule has 0 saturated carbocycles. The van der Waals surface area contributed by atoms with Crippen LogP contribution in [0.4, 0.5) is 0 Å². The van der Waals surface area contributed by atoms with E-state index in [0.717, 1.165) is 20.3 Å². The highest BCUT2D eigenvalue weighted by Gasteiger charge is 2.18. The largest absolute Gasteiger partial charge is 0.372 e. The Labute approximate surface area is 120 Å². The summed E-state index contributed by atoms with van der Waals surface area (Å²) in [7, 11) is 0. The second-order valence-corrected chi connectivity index (χ2v) is 6.61. The van der Waals surface area contributed by atoms with Gasteiger partial charge in [0.2, 0.25) is 0 Å². The van der Waals surface area contributed by atoms with E-state index >= 15 is 0 Å². The number of ether oxygens (including phenoxy) is 1. The van der Waals surface area contributed by atoms with Crippen LogP contribution in [0.2, 0.25) is 4.34 Å². The Morgan fingerprint density at radius 1 is 1.22 bits per heavy atom. The van der Waals surface area contributed by atoms with E-state index in [9.17, 15) is 0 Å². The predicted molar refractivity (Wildman–Crippen MR) is 76.7 cm³/mol. The van der Waals surface area contributed by atoms with Gasteiger partial charge in [-0.25, -0.2) is 0 Å². The lowest BCUT2D eigenvalue weighted by Crippen LogP contribution is -1.92. The molecule has 0 amide bonds. The minimum Gasteiger partial charge on any atom is -0.372 e. The minimum absolute atomic E-state index is 0.132. The zero-order chi connectivity index (χ0) is 12.7. The van der Waals surface area contributed by atoms with Gasteiger partial charge in [0.05, 0.1) is 22.9 Å². The first-order chi connectivity index (χ1) is 8.65. The lowest BCUT2D eigenvalue weighted by molar-refractivity contribution is 0.134. The van der Waals surface area contributed by atoms with Crippen molar-refractivity contribution in [1.82, 2.24) is 0 Å². The number of thiophene rings is 1. The van der Waals surface area contributed by atoms with Crippen LogP contribution < -0.4 is 0 Å². The van der Waals surface area contributed by atoms with Gasteiger partial charge in [0.15, 0.2) is 0 Å². The summed E-state index contributed by atoms with van der Waals surface area (Å²) in [5.74, 6) is 0. The topological polar surface area (TPSA) is 9.23 Å². The molecule has 1 atom stereocenters. The van der Waals surface area contributed by atoms with E-state index in [2.05, 4.69) is 24.3 Å². The van der Waals surface area contributed by atoms with Gasteiger partial charge in [0, 0.05) is 4.88 Å². The van der Waals surface area contributed by atoms with Gasteiger partial charge in [-0.15, -0.1) is 22.9 Å². The maximum atomic E-state index is 6.53. The van der Waals surface area contributed by atoms with Gasteiger partial charge in [-0.1, -0.05) is 29.8 Å². The number of benzene rings is 1. The van der Waals surface area contributed by atoms with E-state index in [1.165, 1.54) is 11.1 Å². The molecule has 0 N–H and O–H groups in total. The maximum absolute atomic E-state index is 6.53. The second kappa shape index (κ2) is 4.86. The Morgan fingerprint density at radius 3 is 2.72 bits per heavy atom. The molecule has 1 aliphatic rings. The van der Waals surface area contributed by atoms with Gasteiger partial charge in [0.1, 0.15) is 0 Å². The Kier molecular flexibility index (Phi) is 3.37. The third-order valence-electron chi connectivity index (χ3n) is 3.16. The fourth-order valence-electron chi connectivity index (χ4n) is 2.12. The first-order valence-corrected chi connectivity index (χ1v) is 7.37. The molecule has 94 valence electrons. The van der Waals surface area contributed by atoms with Crippen LogP contribution in [0.15, 0.2) is 24.3 Å². The van der Waals surface area contributed by atoms with Gasteiger partial charge in [-0.2, -0.15) is 0 Å². The highest BCUT2D eigenvalue weighted by atomic mass is 35.5. The molecule has 2 aromatic rings. The molecule has 4 heteroatoms. The van der Waals surface area contributed by atoms with Crippen LogP contribution in [0.25, 0.3) is 0 Å². The molecule has 0 saturated heterocycles. The number of aryl methyl sites for hydroxylation is 1. The van der Waals surface area contributed by atoms with E-state index in [1.807, 2.05) is 6.92 Å². The van der Waals surface area contributed by atoms with Gasteiger partial charge in [-0.3, -0.25) is 0 Å². The van der Waals surface area contributed by atoms with Crippen LogP contribution in [-0.2, 0) is 18.0 Å². The van der Waals surface area contributed by atoms with Crippen molar-refractivity contribution in [3.63, 3.8) is 0 Å². The van der Waals surface area contributed by atoms with Crippen LogP contribution >= 0.6 is 34.5 Å². The van der Waals surface area contributed by atoms with Crippen molar-refractivity contribution < 1.29 is 4.74 Å². The molecule has 1 nitrogen and oxygen atoms in total. The molecular formula is C14H12Cl2OS. The lowest BCUT2D eigenvalue weighted by Gasteiger charge is -2.09. The summed E-state index contributed by atoms with van der Waals surface area (Å²) in [6, 6.07) is 8.39. The summed E-state index contributed by atoms with van der Waals surface area (Å²) >= 11 is 14.2. The van der Waals surface area contributed by atoms with Crippen LogP contribution in [-0.4, -0.2) is 0 Å². The number of halogens is 2. The fourth-order valence-corrected chi connectivity index (χ4v) is 3.68. The van der Waals surface area contributed by atoms with Crippen molar-refractivity contribution in [2.24, 2.45) is 0 Å². The SMILES string of the molecule is Cc1cc(C(Cl)c2ccc3c(c2)COC3)sc1Cl. The Bertz CT molecular complexity index is 572. The Hall–Kier alpha value is -0.540.